The van der Waals surface area contributed by atoms with Gasteiger partial charge in [0.15, 0.2) is 0 Å². The van der Waals surface area contributed by atoms with Crippen LogP contribution >= 0.6 is 0 Å². The summed E-state index contributed by atoms with van der Waals surface area (Å²) in [6.07, 6.45) is 3.18. The lowest BCUT2D eigenvalue weighted by atomic mass is 10.0. The van der Waals surface area contributed by atoms with Gasteiger partial charge in [0.25, 0.3) is 11.8 Å². The normalized spacial score (nSPS) is 13.0. The fraction of sp³-hybridized carbons (Fsp3) is 0.238. The average molecular weight is 391 g/mol. The van der Waals surface area contributed by atoms with Crippen molar-refractivity contribution in [3.8, 4) is 0 Å². The van der Waals surface area contributed by atoms with Gasteiger partial charge in [-0.1, -0.05) is 30.3 Å². The molecule has 8 nitrogen and oxygen atoms in total. The second kappa shape index (κ2) is 8.14. The van der Waals surface area contributed by atoms with E-state index in [0.717, 1.165) is 25.1 Å². The number of amides is 2. The van der Waals surface area contributed by atoms with Crippen LogP contribution in [-0.2, 0) is 22.6 Å². The molecule has 0 saturated heterocycles. The van der Waals surface area contributed by atoms with E-state index in [2.05, 4.69) is 22.0 Å². The number of para-hydroxylation sites is 2. The van der Waals surface area contributed by atoms with Crippen molar-refractivity contribution in [3.63, 3.8) is 0 Å². The Labute approximate surface area is 167 Å². The van der Waals surface area contributed by atoms with E-state index in [1.165, 1.54) is 16.4 Å². The SMILES string of the molecule is O=C(CN1CCCc2ccccc21)NNC(=O)Cn1ncc(=O)c2ccccc21. The van der Waals surface area contributed by atoms with Crippen LogP contribution in [0.1, 0.15) is 12.0 Å². The first-order valence-electron chi connectivity index (χ1n) is 9.47. The zero-order valence-electron chi connectivity index (χ0n) is 15.8. The van der Waals surface area contributed by atoms with E-state index < -0.39 is 5.91 Å². The van der Waals surface area contributed by atoms with Crippen molar-refractivity contribution in [2.24, 2.45) is 0 Å². The molecule has 29 heavy (non-hydrogen) atoms. The highest BCUT2D eigenvalue weighted by Crippen LogP contribution is 2.26. The standard InChI is InChI=1S/C21H21N5O3/c27-19-12-22-26(18-10-4-2-8-16(18)19)14-21(29)24-23-20(28)13-25-11-5-7-15-6-1-3-9-17(15)25/h1-4,6,8-10,12H,5,7,11,13-14H2,(H,23,28)(H,24,29). The first-order valence-corrected chi connectivity index (χ1v) is 9.47. The molecule has 3 aromatic rings. The van der Waals surface area contributed by atoms with Crippen molar-refractivity contribution < 1.29 is 9.59 Å². The van der Waals surface area contributed by atoms with Gasteiger partial charge in [-0.3, -0.25) is 29.9 Å². The molecule has 1 aliphatic rings. The van der Waals surface area contributed by atoms with Crippen molar-refractivity contribution in [3.05, 3.63) is 70.5 Å². The van der Waals surface area contributed by atoms with Crippen molar-refractivity contribution in [1.29, 1.82) is 0 Å². The van der Waals surface area contributed by atoms with Crippen LogP contribution in [0, 0.1) is 0 Å². The number of hydrogen-bond acceptors (Lipinski definition) is 5. The molecule has 2 N–H and O–H groups in total. The Morgan fingerprint density at radius 2 is 1.69 bits per heavy atom. The Morgan fingerprint density at radius 1 is 0.966 bits per heavy atom. The molecule has 148 valence electrons. The zero-order chi connectivity index (χ0) is 20.2. The molecule has 0 saturated carbocycles. The summed E-state index contributed by atoms with van der Waals surface area (Å²) in [5, 5.41) is 4.50. The predicted octanol–water partition coefficient (Wildman–Crippen LogP) is 0.997. The molecule has 0 atom stereocenters. The third-order valence-electron chi connectivity index (χ3n) is 4.94. The van der Waals surface area contributed by atoms with Gasteiger partial charge in [0.1, 0.15) is 6.54 Å². The van der Waals surface area contributed by atoms with E-state index in [4.69, 9.17) is 0 Å². The number of fused-ring (bicyclic) bond motifs is 2. The first-order chi connectivity index (χ1) is 14.1. The molecule has 8 heteroatoms. The molecule has 4 rings (SSSR count). The van der Waals surface area contributed by atoms with Crippen LogP contribution in [0.15, 0.2) is 59.5 Å². The van der Waals surface area contributed by atoms with Crippen LogP contribution in [0.2, 0.25) is 0 Å². The molecule has 2 amide bonds. The maximum atomic E-state index is 12.3. The Balaban J connectivity index is 1.36. The van der Waals surface area contributed by atoms with E-state index in [-0.39, 0.29) is 24.4 Å². The van der Waals surface area contributed by atoms with E-state index >= 15 is 0 Å². The van der Waals surface area contributed by atoms with Crippen LogP contribution in [-0.4, -0.2) is 34.7 Å². The van der Waals surface area contributed by atoms with Crippen molar-refractivity contribution in [2.75, 3.05) is 18.0 Å². The second-order valence-electron chi connectivity index (χ2n) is 6.93. The molecule has 0 bridgehead atoms. The second-order valence-corrected chi connectivity index (χ2v) is 6.93. The molecule has 0 fully saturated rings. The van der Waals surface area contributed by atoms with Crippen LogP contribution in [0.5, 0.6) is 0 Å². The lowest BCUT2D eigenvalue weighted by molar-refractivity contribution is -0.128. The van der Waals surface area contributed by atoms with Crippen LogP contribution < -0.4 is 21.2 Å². The number of nitrogens with one attached hydrogen (secondary N) is 2. The van der Waals surface area contributed by atoms with Gasteiger partial charge in [0.05, 0.1) is 18.3 Å². The number of nitrogens with zero attached hydrogens (tertiary/aromatic N) is 3. The number of aryl methyl sites for hydroxylation is 1. The summed E-state index contributed by atoms with van der Waals surface area (Å²) >= 11 is 0. The molecule has 0 unspecified atom stereocenters. The van der Waals surface area contributed by atoms with Gasteiger partial charge < -0.3 is 4.90 Å². The third-order valence-corrected chi connectivity index (χ3v) is 4.94. The number of hydrazine groups is 1. The number of carbonyl (C=O) groups excluding carboxylic acids is 2. The highest BCUT2D eigenvalue weighted by molar-refractivity contribution is 5.86. The topological polar surface area (TPSA) is 96.3 Å². The summed E-state index contributed by atoms with van der Waals surface area (Å²) < 4.78 is 1.43. The van der Waals surface area contributed by atoms with Gasteiger partial charge in [-0.25, -0.2) is 0 Å². The van der Waals surface area contributed by atoms with Crippen LogP contribution in [0.25, 0.3) is 10.9 Å². The first kappa shape index (κ1) is 18.7. The molecule has 0 aliphatic carbocycles. The summed E-state index contributed by atoms with van der Waals surface area (Å²) in [5.41, 5.74) is 7.52. The Morgan fingerprint density at radius 3 is 2.55 bits per heavy atom. The van der Waals surface area contributed by atoms with E-state index in [1.54, 1.807) is 24.3 Å². The fourth-order valence-corrected chi connectivity index (χ4v) is 3.59. The lowest BCUT2D eigenvalue weighted by Crippen LogP contribution is -2.48. The number of carbonyl (C=O) groups is 2. The summed E-state index contributed by atoms with van der Waals surface area (Å²) in [4.78, 5) is 38.4. The van der Waals surface area contributed by atoms with Gasteiger partial charge in [0.2, 0.25) is 5.43 Å². The lowest BCUT2D eigenvalue weighted by Gasteiger charge is -2.30. The molecular formula is C21H21N5O3. The molecular weight excluding hydrogens is 370 g/mol. The smallest absolute Gasteiger partial charge is 0.260 e. The van der Waals surface area contributed by atoms with E-state index in [9.17, 15) is 14.4 Å². The number of aromatic nitrogens is 2. The van der Waals surface area contributed by atoms with Gasteiger partial charge >= 0.3 is 0 Å². The maximum Gasteiger partial charge on any atom is 0.260 e. The number of hydrogen-bond donors (Lipinski definition) is 2. The monoisotopic (exact) mass is 391 g/mol. The minimum absolute atomic E-state index is 0.117. The summed E-state index contributed by atoms with van der Waals surface area (Å²) in [7, 11) is 0. The maximum absolute atomic E-state index is 12.3. The van der Waals surface area contributed by atoms with Gasteiger partial charge in [-0.05, 0) is 36.6 Å². The van der Waals surface area contributed by atoms with Crippen LogP contribution in [0.3, 0.4) is 0 Å². The van der Waals surface area contributed by atoms with Crippen molar-refractivity contribution in [2.45, 2.75) is 19.4 Å². The van der Waals surface area contributed by atoms with Gasteiger partial charge in [-0.15, -0.1) is 0 Å². The Bertz CT molecular complexity index is 1120. The Hall–Kier alpha value is -3.68. The van der Waals surface area contributed by atoms with Gasteiger partial charge in [-0.2, -0.15) is 5.10 Å². The summed E-state index contributed by atoms with van der Waals surface area (Å²) in [6.45, 7) is 0.843. The third kappa shape index (κ3) is 4.11. The van der Waals surface area contributed by atoms with Crippen molar-refractivity contribution in [1.82, 2.24) is 20.6 Å². The molecule has 0 spiro atoms. The highest BCUT2D eigenvalue weighted by atomic mass is 16.2. The quantitative estimate of drug-likeness (QED) is 0.647. The van der Waals surface area contributed by atoms with E-state index in [1.807, 2.05) is 23.1 Å². The highest BCUT2D eigenvalue weighted by Gasteiger charge is 2.19. The van der Waals surface area contributed by atoms with Gasteiger partial charge in [0, 0.05) is 17.6 Å². The molecule has 1 aliphatic heterocycles. The number of anilines is 1. The number of rotatable bonds is 4. The molecule has 1 aromatic heterocycles. The van der Waals surface area contributed by atoms with Crippen molar-refractivity contribution >= 4 is 28.4 Å². The summed E-state index contributed by atoms with van der Waals surface area (Å²) in [5.74, 6) is -0.730. The molecule has 2 aromatic carbocycles. The minimum Gasteiger partial charge on any atom is -0.362 e. The fourth-order valence-electron chi connectivity index (χ4n) is 3.59. The van der Waals surface area contributed by atoms with E-state index in [0.29, 0.717) is 10.9 Å². The van der Waals surface area contributed by atoms with Crippen LogP contribution in [0.4, 0.5) is 5.69 Å². The summed E-state index contributed by atoms with van der Waals surface area (Å²) in [6, 6.07) is 15.0. The Kier molecular flexibility index (Phi) is 5.24. The average Bonchev–Trinajstić information content (AvgIpc) is 2.75. The molecule has 0 radical (unpaired) electrons. The predicted molar refractivity (Wildman–Crippen MR) is 109 cm³/mol. The largest absolute Gasteiger partial charge is 0.362 e. The zero-order valence-corrected chi connectivity index (χ0v) is 15.8. The number of benzene rings is 2. The minimum atomic E-state index is -0.432. The molecule has 2 heterocycles.